The first-order chi connectivity index (χ1) is 7.45. The minimum Gasteiger partial charge on any atom is -0.452 e. The fraction of sp³-hybridized carbons (Fsp3) is 0.222. The van der Waals surface area contributed by atoms with E-state index in [1.165, 1.54) is 0 Å². The van der Waals surface area contributed by atoms with Gasteiger partial charge in [-0.3, -0.25) is 0 Å². The van der Waals surface area contributed by atoms with Gasteiger partial charge in [-0.05, 0) is 5.56 Å². The maximum Gasteiger partial charge on any atom is 0.424 e. The summed E-state index contributed by atoms with van der Waals surface area (Å²) < 4.78 is 27.1. The number of carbonyl (C=O) groups excluding carboxylic acids is 1. The van der Waals surface area contributed by atoms with E-state index >= 15 is 0 Å². The van der Waals surface area contributed by atoms with E-state index in [-0.39, 0.29) is 6.54 Å². The largest absolute Gasteiger partial charge is 0.452 e. The maximum atomic E-state index is 11.2. The normalized spacial score (nSPS) is 10.9. The first-order valence-corrected chi connectivity index (χ1v) is 5.88. The fourth-order valence-electron chi connectivity index (χ4n) is 1.11. The molecule has 6 nitrogen and oxygen atoms in total. The van der Waals surface area contributed by atoms with Gasteiger partial charge in [-0.25, -0.2) is 9.93 Å². The molecule has 0 aromatic heterocycles. The van der Waals surface area contributed by atoms with Crippen molar-refractivity contribution in [2.45, 2.75) is 6.54 Å². The Hall–Kier alpha value is -1.60. The van der Waals surface area contributed by atoms with Crippen LogP contribution in [-0.2, 0) is 21.5 Å². The van der Waals surface area contributed by atoms with Crippen molar-refractivity contribution in [3.8, 4) is 0 Å². The van der Waals surface area contributed by atoms with Gasteiger partial charge in [0.05, 0.1) is 13.7 Å². The number of rotatable bonds is 3. The SMILES string of the molecule is COC(=O)N(Cc1ccccc1)S(N)(=O)=O. The number of benzene rings is 1. The first-order valence-electron chi connectivity index (χ1n) is 4.37. The highest BCUT2D eigenvalue weighted by atomic mass is 32.2. The van der Waals surface area contributed by atoms with Crippen molar-refractivity contribution in [2.75, 3.05) is 7.11 Å². The van der Waals surface area contributed by atoms with Crippen molar-refractivity contribution < 1.29 is 17.9 Å². The number of methoxy groups -OCH3 is 1. The van der Waals surface area contributed by atoms with Gasteiger partial charge in [0, 0.05) is 0 Å². The van der Waals surface area contributed by atoms with E-state index in [1.807, 2.05) is 0 Å². The van der Waals surface area contributed by atoms with Gasteiger partial charge in [-0.15, -0.1) is 0 Å². The van der Waals surface area contributed by atoms with Gasteiger partial charge in [0.15, 0.2) is 0 Å². The summed E-state index contributed by atoms with van der Waals surface area (Å²) >= 11 is 0. The van der Waals surface area contributed by atoms with Gasteiger partial charge in [0.2, 0.25) is 0 Å². The van der Waals surface area contributed by atoms with E-state index < -0.39 is 16.3 Å². The van der Waals surface area contributed by atoms with E-state index in [4.69, 9.17) is 5.14 Å². The molecule has 0 aliphatic carbocycles. The fourth-order valence-corrected chi connectivity index (χ4v) is 1.72. The van der Waals surface area contributed by atoms with Crippen molar-refractivity contribution in [1.82, 2.24) is 4.31 Å². The quantitative estimate of drug-likeness (QED) is 0.836. The summed E-state index contributed by atoms with van der Waals surface area (Å²) in [6.45, 7) is -0.146. The summed E-state index contributed by atoms with van der Waals surface area (Å²) in [4.78, 5) is 11.2. The smallest absolute Gasteiger partial charge is 0.424 e. The molecular weight excluding hydrogens is 232 g/mol. The summed E-state index contributed by atoms with van der Waals surface area (Å²) in [5.74, 6) is 0. The highest BCUT2D eigenvalue weighted by Crippen LogP contribution is 2.08. The zero-order valence-corrected chi connectivity index (χ0v) is 9.48. The van der Waals surface area contributed by atoms with E-state index in [0.29, 0.717) is 9.87 Å². The summed E-state index contributed by atoms with van der Waals surface area (Å²) in [7, 11) is -3.03. The summed E-state index contributed by atoms with van der Waals surface area (Å²) in [5.41, 5.74) is 0.641. The van der Waals surface area contributed by atoms with Gasteiger partial charge in [0.25, 0.3) is 0 Å². The Labute approximate surface area is 93.8 Å². The highest BCUT2D eigenvalue weighted by molar-refractivity contribution is 7.87. The van der Waals surface area contributed by atoms with Crippen LogP contribution in [0.25, 0.3) is 0 Å². The molecular formula is C9H12N2O4S. The third-order valence-corrected chi connectivity index (χ3v) is 2.75. The molecule has 1 aromatic rings. The molecule has 0 bridgehead atoms. The van der Waals surface area contributed by atoms with Crippen molar-refractivity contribution >= 4 is 16.3 Å². The second-order valence-corrected chi connectivity index (χ2v) is 4.48. The minimum absolute atomic E-state index is 0.146. The molecule has 2 N–H and O–H groups in total. The molecule has 7 heteroatoms. The molecule has 0 heterocycles. The molecule has 0 aliphatic rings. The molecule has 88 valence electrons. The summed E-state index contributed by atoms with van der Waals surface area (Å²) in [6.07, 6.45) is -1.01. The molecule has 0 radical (unpaired) electrons. The average Bonchev–Trinajstić information content (AvgIpc) is 2.25. The zero-order chi connectivity index (χ0) is 12.2. The highest BCUT2D eigenvalue weighted by Gasteiger charge is 2.24. The van der Waals surface area contributed by atoms with E-state index in [1.54, 1.807) is 30.3 Å². The van der Waals surface area contributed by atoms with Crippen molar-refractivity contribution in [2.24, 2.45) is 5.14 Å². The molecule has 0 aliphatic heterocycles. The van der Waals surface area contributed by atoms with Gasteiger partial charge in [-0.1, -0.05) is 30.3 Å². The maximum absolute atomic E-state index is 11.2. The van der Waals surface area contributed by atoms with Crippen LogP contribution in [0.5, 0.6) is 0 Å². The third kappa shape index (κ3) is 3.21. The number of hydrogen-bond acceptors (Lipinski definition) is 4. The van der Waals surface area contributed by atoms with Crippen molar-refractivity contribution in [3.05, 3.63) is 35.9 Å². The van der Waals surface area contributed by atoms with Crippen LogP contribution < -0.4 is 5.14 Å². The molecule has 16 heavy (non-hydrogen) atoms. The van der Waals surface area contributed by atoms with Crippen LogP contribution in [0.15, 0.2) is 30.3 Å². The van der Waals surface area contributed by atoms with Crippen LogP contribution >= 0.6 is 0 Å². The van der Waals surface area contributed by atoms with Crippen LogP contribution in [0.3, 0.4) is 0 Å². The third-order valence-electron chi connectivity index (χ3n) is 1.85. The lowest BCUT2D eigenvalue weighted by molar-refractivity contribution is 0.147. The number of carbonyl (C=O) groups is 1. The van der Waals surface area contributed by atoms with E-state index in [0.717, 1.165) is 7.11 Å². The number of amides is 1. The second-order valence-electron chi connectivity index (χ2n) is 3.01. The Bertz CT molecular complexity index is 458. The van der Waals surface area contributed by atoms with Gasteiger partial charge < -0.3 is 4.74 Å². The van der Waals surface area contributed by atoms with Gasteiger partial charge in [-0.2, -0.15) is 12.7 Å². The molecule has 1 aromatic carbocycles. The molecule has 0 unspecified atom stereocenters. The average molecular weight is 244 g/mol. The molecule has 1 rings (SSSR count). The van der Waals surface area contributed by atoms with Crippen LogP contribution in [0, 0.1) is 0 Å². The lowest BCUT2D eigenvalue weighted by atomic mass is 10.2. The lowest BCUT2D eigenvalue weighted by Crippen LogP contribution is -2.40. The van der Waals surface area contributed by atoms with E-state index in [2.05, 4.69) is 4.74 Å². The van der Waals surface area contributed by atoms with Gasteiger partial charge >= 0.3 is 16.3 Å². The Morgan fingerprint density at radius 2 is 1.94 bits per heavy atom. The predicted molar refractivity (Wildman–Crippen MR) is 57.5 cm³/mol. The second kappa shape index (κ2) is 4.95. The molecule has 1 amide bonds. The van der Waals surface area contributed by atoms with Crippen LogP contribution in [0.2, 0.25) is 0 Å². The Kier molecular flexibility index (Phi) is 3.86. The molecule has 0 spiro atoms. The number of ether oxygens (including phenoxy) is 1. The molecule has 0 saturated heterocycles. The van der Waals surface area contributed by atoms with Crippen molar-refractivity contribution in [1.29, 1.82) is 0 Å². The van der Waals surface area contributed by atoms with Crippen LogP contribution in [-0.4, -0.2) is 25.9 Å². The minimum atomic E-state index is -4.12. The topological polar surface area (TPSA) is 89.7 Å². The van der Waals surface area contributed by atoms with Crippen LogP contribution in [0.1, 0.15) is 5.56 Å². The Morgan fingerprint density at radius 3 is 2.38 bits per heavy atom. The van der Waals surface area contributed by atoms with E-state index in [9.17, 15) is 13.2 Å². The Balaban J connectivity index is 2.93. The monoisotopic (exact) mass is 244 g/mol. The summed E-state index contributed by atoms with van der Waals surface area (Å²) in [6, 6.07) is 8.60. The van der Waals surface area contributed by atoms with Crippen molar-refractivity contribution in [3.63, 3.8) is 0 Å². The zero-order valence-electron chi connectivity index (χ0n) is 8.66. The van der Waals surface area contributed by atoms with Crippen LogP contribution in [0.4, 0.5) is 4.79 Å². The predicted octanol–water partition coefficient (Wildman–Crippen LogP) is 0.459. The van der Waals surface area contributed by atoms with Gasteiger partial charge in [0.1, 0.15) is 0 Å². The molecule has 0 saturated carbocycles. The number of nitrogens with two attached hydrogens (primary N) is 1. The molecule has 0 fully saturated rings. The Morgan fingerprint density at radius 1 is 1.38 bits per heavy atom. The first kappa shape index (κ1) is 12.5. The summed E-state index contributed by atoms with van der Waals surface area (Å²) in [5, 5.41) is 4.90. The lowest BCUT2D eigenvalue weighted by Gasteiger charge is -2.17. The number of hydrogen-bond donors (Lipinski definition) is 1. The molecule has 0 atom stereocenters. The standard InChI is InChI=1S/C9H12N2O4S/c1-15-9(12)11(16(10,13)14)7-8-5-3-2-4-6-8/h2-6H,7H2,1H3,(H2,10,13,14). The number of nitrogens with zero attached hydrogens (tertiary/aromatic N) is 1.